The highest BCUT2D eigenvalue weighted by Gasteiger charge is 2.62. The van der Waals surface area contributed by atoms with Gasteiger partial charge in [-0.05, 0) is 131 Å². The summed E-state index contributed by atoms with van der Waals surface area (Å²) in [6.07, 6.45) is 13.5. The smallest absolute Gasteiger partial charge is 0.305 e. The van der Waals surface area contributed by atoms with Crippen molar-refractivity contribution in [1.29, 1.82) is 0 Å². The highest BCUT2D eigenvalue weighted by Crippen LogP contribution is 2.68. The van der Waals surface area contributed by atoms with E-state index < -0.39 is 17.4 Å². The van der Waals surface area contributed by atoms with Crippen LogP contribution in [0, 0.1) is 46.3 Å². The van der Waals surface area contributed by atoms with Crippen LogP contribution in [0.2, 0.25) is 32.7 Å². The van der Waals surface area contributed by atoms with Crippen molar-refractivity contribution in [3.63, 3.8) is 0 Å². The van der Waals surface area contributed by atoms with Crippen LogP contribution in [0.15, 0.2) is 11.8 Å². The Kier molecular flexibility index (Phi) is 8.30. The minimum atomic E-state index is -1.73. The quantitative estimate of drug-likeness (QED) is 0.236. The molecule has 0 N–H and O–H groups in total. The number of esters is 1. The third-order valence-corrected chi connectivity index (χ3v) is 12.5. The molecule has 0 heterocycles. The fourth-order valence-electron chi connectivity index (χ4n) is 9.15. The van der Waals surface area contributed by atoms with Gasteiger partial charge in [-0.3, -0.25) is 4.79 Å². The molecule has 4 aliphatic rings. The van der Waals surface area contributed by atoms with Gasteiger partial charge in [0, 0.05) is 18.4 Å². The Bertz CT molecular complexity index is 835. The van der Waals surface area contributed by atoms with Gasteiger partial charge in [0.1, 0.15) is 0 Å². The standard InChI is InChI=1S/C30H53O4Si2/c1-20(10-13-27(31)32-4)23-11-12-24-28-25(15-17-30(23,24)3)29(2)16-14-22(33-35(5)6)18-21(29)19-26(28)34-36(7,8)9/h19-25,28H,10-18H2,1-9H3/t20-,21?,22-,23?,24?,25?,28?,29+,30-/m1/s1. The van der Waals surface area contributed by atoms with E-state index >= 15 is 0 Å². The van der Waals surface area contributed by atoms with Gasteiger partial charge in [0.25, 0.3) is 0 Å². The van der Waals surface area contributed by atoms with Crippen molar-refractivity contribution < 1.29 is 18.4 Å². The summed E-state index contributed by atoms with van der Waals surface area (Å²) in [5, 5.41) is 0. The normalized spacial score (nSPS) is 41.1. The number of ether oxygens (including phenoxy) is 1. The zero-order chi connectivity index (χ0) is 26.5. The lowest BCUT2D eigenvalue weighted by Gasteiger charge is -2.60. The minimum Gasteiger partial charge on any atom is -0.547 e. The van der Waals surface area contributed by atoms with Gasteiger partial charge in [0.15, 0.2) is 0 Å². The first-order valence-corrected chi connectivity index (χ1v) is 20.5. The van der Waals surface area contributed by atoms with Crippen molar-refractivity contribution in [3.8, 4) is 0 Å². The summed E-state index contributed by atoms with van der Waals surface area (Å²) in [6, 6.07) is 0. The van der Waals surface area contributed by atoms with Gasteiger partial charge in [-0.25, -0.2) is 0 Å². The van der Waals surface area contributed by atoms with Crippen molar-refractivity contribution in [2.45, 2.75) is 117 Å². The molecule has 0 saturated heterocycles. The number of hydrogen-bond donors (Lipinski definition) is 0. The average Bonchev–Trinajstić information content (AvgIpc) is 3.14. The number of carbonyl (C=O) groups is 1. The van der Waals surface area contributed by atoms with E-state index in [9.17, 15) is 4.79 Å². The summed E-state index contributed by atoms with van der Waals surface area (Å²) in [6.45, 7) is 19.2. The van der Waals surface area contributed by atoms with Crippen LogP contribution >= 0.6 is 0 Å². The molecular weight excluding hydrogens is 480 g/mol. The largest absolute Gasteiger partial charge is 0.547 e. The highest BCUT2D eigenvalue weighted by molar-refractivity contribution is 6.70. The van der Waals surface area contributed by atoms with E-state index in [2.05, 4.69) is 59.6 Å². The molecule has 0 aromatic rings. The van der Waals surface area contributed by atoms with Gasteiger partial charge in [-0.1, -0.05) is 20.8 Å². The number of rotatable bonds is 8. The van der Waals surface area contributed by atoms with E-state index in [0.717, 1.165) is 12.3 Å². The maximum atomic E-state index is 11.9. The summed E-state index contributed by atoms with van der Waals surface area (Å²) in [7, 11) is -0.894. The van der Waals surface area contributed by atoms with E-state index in [-0.39, 0.29) is 5.97 Å². The van der Waals surface area contributed by atoms with Gasteiger partial charge < -0.3 is 13.6 Å². The van der Waals surface area contributed by atoms with Crippen molar-refractivity contribution in [3.05, 3.63) is 11.8 Å². The fourth-order valence-corrected chi connectivity index (χ4v) is 10.9. The third-order valence-electron chi connectivity index (χ3n) is 10.8. The molecule has 4 nitrogen and oxygen atoms in total. The summed E-state index contributed by atoms with van der Waals surface area (Å²) in [4.78, 5) is 11.9. The molecule has 36 heavy (non-hydrogen) atoms. The van der Waals surface area contributed by atoms with Crippen LogP contribution in [0.4, 0.5) is 0 Å². The third kappa shape index (κ3) is 5.43. The number of carbonyl (C=O) groups excluding carboxylic acids is 1. The Labute approximate surface area is 224 Å². The van der Waals surface area contributed by atoms with E-state index in [4.69, 9.17) is 13.6 Å². The fraction of sp³-hybridized carbons (Fsp3) is 0.900. The molecule has 0 aliphatic heterocycles. The Hall–Kier alpha value is -0.596. The monoisotopic (exact) mass is 533 g/mol. The number of fused-ring (bicyclic) bond motifs is 5. The van der Waals surface area contributed by atoms with Crippen molar-refractivity contribution in [1.82, 2.24) is 0 Å². The molecule has 3 saturated carbocycles. The van der Waals surface area contributed by atoms with Crippen molar-refractivity contribution >= 4 is 23.3 Å². The molecule has 0 aromatic carbocycles. The Morgan fingerprint density at radius 3 is 2.39 bits per heavy atom. The molecule has 9 atom stereocenters. The summed E-state index contributed by atoms with van der Waals surface area (Å²) < 4.78 is 18.4. The van der Waals surface area contributed by atoms with Crippen LogP contribution in [0.1, 0.15) is 78.6 Å². The number of methoxy groups -OCH3 is 1. The zero-order valence-corrected chi connectivity index (χ0v) is 26.6. The topological polar surface area (TPSA) is 44.8 Å². The van der Waals surface area contributed by atoms with Gasteiger partial charge in [0.2, 0.25) is 17.4 Å². The first-order valence-electron chi connectivity index (χ1n) is 14.7. The lowest BCUT2D eigenvalue weighted by Crippen LogP contribution is -2.55. The molecule has 0 bridgehead atoms. The average molecular weight is 534 g/mol. The molecule has 4 aliphatic carbocycles. The van der Waals surface area contributed by atoms with Crippen LogP contribution < -0.4 is 0 Å². The van der Waals surface area contributed by atoms with E-state index in [1.807, 2.05) is 0 Å². The van der Waals surface area contributed by atoms with Crippen LogP contribution in [0.25, 0.3) is 0 Å². The molecule has 0 spiro atoms. The lowest BCUT2D eigenvalue weighted by molar-refractivity contribution is -0.141. The molecule has 3 fully saturated rings. The highest BCUT2D eigenvalue weighted by atomic mass is 28.4. The van der Waals surface area contributed by atoms with E-state index in [0.29, 0.717) is 52.9 Å². The second-order valence-electron chi connectivity index (χ2n) is 14.4. The molecule has 6 heteroatoms. The lowest BCUT2D eigenvalue weighted by atomic mass is 9.46. The van der Waals surface area contributed by atoms with Crippen molar-refractivity contribution in [2.24, 2.45) is 46.3 Å². The summed E-state index contributed by atoms with van der Waals surface area (Å²) in [5.74, 6) is 5.08. The molecule has 0 amide bonds. The van der Waals surface area contributed by atoms with Crippen LogP contribution in [-0.4, -0.2) is 36.5 Å². The first-order chi connectivity index (χ1) is 16.8. The van der Waals surface area contributed by atoms with Crippen LogP contribution in [-0.2, 0) is 18.4 Å². The molecule has 1 radical (unpaired) electrons. The van der Waals surface area contributed by atoms with Gasteiger partial charge >= 0.3 is 5.97 Å². The first kappa shape index (κ1) is 28.4. The van der Waals surface area contributed by atoms with Gasteiger partial charge in [-0.15, -0.1) is 0 Å². The predicted molar refractivity (Wildman–Crippen MR) is 151 cm³/mol. The van der Waals surface area contributed by atoms with E-state index in [1.54, 1.807) is 0 Å². The zero-order valence-electron chi connectivity index (χ0n) is 24.6. The maximum absolute atomic E-state index is 11.9. The second kappa shape index (κ2) is 10.5. The van der Waals surface area contributed by atoms with Gasteiger partial charge in [-0.2, -0.15) is 0 Å². The SMILES string of the molecule is COC(=O)CC[C@@H](C)C1CCC2C3C(O[Si](C)(C)C)=CC4C[C@H](O[Si](C)C)CC[C@]4(C)C3CC[C@@]21C. The Balaban J connectivity index is 1.63. The molecular formula is C30H53O4Si2. The Morgan fingerprint density at radius 2 is 1.75 bits per heavy atom. The summed E-state index contributed by atoms with van der Waals surface area (Å²) >= 11 is 0. The number of allylic oxidation sites excluding steroid dienone is 2. The Morgan fingerprint density at radius 1 is 1.08 bits per heavy atom. The maximum Gasteiger partial charge on any atom is 0.305 e. The molecule has 4 rings (SSSR count). The van der Waals surface area contributed by atoms with Crippen LogP contribution in [0.3, 0.4) is 0 Å². The van der Waals surface area contributed by atoms with Crippen LogP contribution in [0.5, 0.6) is 0 Å². The van der Waals surface area contributed by atoms with E-state index in [1.165, 1.54) is 57.8 Å². The molecule has 5 unspecified atom stereocenters. The van der Waals surface area contributed by atoms with Gasteiger partial charge in [0.05, 0.1) is 12.9 Å². The number of hydrogen-bond acceptors (Lipinski definition) is 4. The second-order valence-corrected chi connectivity index (χ2v) is 20.9. The molecule has 0 aromatic heterocycles. The minimum absolute atomic E-state index is 0.0655. The summed E-state index contributed by atoms with van der Waals surface area (Å²) in [5.41, 5.74) is 0.699. The van der Waals surface area contributed by atoms with Crippen molar-refractivity contribution in [2.75, 3.05) is 7.11 Å². The predicted octanol–water partition coefficient (Wildman–Crippen LogP) is 7.83. The molecule has 205 valence electrons.